The number of sulfonamides is 1. The summed E-state index contributed by atoms with van der Waals surface area (Å²) in [7, 11) is -3.64. The Bertz CT molecular complexity index is 1110. The molecule has 32 heavy (non-hydrogen) atoms. The molecule has 2 N–H and O–H groups in total. The fourth-order valence-electron chi connectivity index (χ4n) is 3.23. The molecule has 0 heterocycles. The summed E-state index contributed by atoms with van der Waals surface area (Å²) in [5, 5.41) is 2.85. The first-order chi connectivity index (χ1) is 15.4. The lowest BCUT2D eigenvalue weighted by Gasteiger charge is -2.15. The van der Waals surface area contributed by atoms with Gasteiger partial charge in [0.15, 0.2) is 0 Å². The van der Waals surface area contributed by atoms with Crippen molar-refractivity contribution in [1.29, 1.82) is 0 Å². The standard InChI is InChI=1S/C25H28N2O4S/c1-3-31-23-14-12-22(13-15-23)26-25(28)18-11-20-9-16-24(17-10-20)32(29,30)27-19(2)21-7-5-4-6-8-21/h4-10,12-17,19,27H,3,11,18H2,1-2H3,(H,26,28)/t19-/m0/s1. The van der Waals surface area contributed by atoms with Gasteiger partial charge in [0.25, 0.3) is 0 Å². The fourth-order valence-corrected chi connectivity index (χ4v) is 4.46. The summed E-state index contributed by atoms with van der Waals surface area (Å²) in [5.41, 5.74) is 2.49. The van der Waals surface area contributed by atoms with Crippen molar-refractivity contribution in [2.24, 2.45) is 0 Å². The zero-order chi connectivity index (χ0) is 23.0. The zero-order valence-electron chi connectivity index (χ0n) is 18.2. The van der Waals surface area contributed by atoms with Crippen LogP contribution in [0.2, 0.25) is 0 Å². The molecular weight excluding hydrogens is 424 g/mol. The summed E-state index contributed by atoms with van der Waals surface area (Å²) in [6.07, 6.45) is 0.805. The molecule has 0 radical (unpaired) electrons. The Labute approximate surface area is 189 Å². The zero-order valence-corrected chi connectivity index (χ0v) is 19.1. The Morgan fingerprint density at radius 3 is 2.22 bits per heavy atom. The summed E-state index contributed by atoms with van der Waals surface area (Å²) >= 11 is 0. The Morgan fingerprint density at radius 2 is 1.59 bits per heavy atom. The van der Waals surface area contributed by atoms with E-state index in [0.29, 0.717) is 25.1 Å². The highest BCUT2D eigenvalue weighted by Crippen LogP contribution is 2.19. The van der Waals surface area contributed by atoms with Crippen molar-refractivity contribution in [3.05, 3.63) is 90.0 Å². The summed E-state index contributed by atoms with van der Waals surface area (Å²) < 4.78 is 33.4. The van der Waals surface area contributed by atoms with E-state index in [1.165, 1.54) is 0 Å². The second-order valence-electron chi connectivity index (χ2n) is 7.40. The molecule has 0 spiro atoms. The summed E-state index contributed by atoms with van der Waals surface area (Å²) in [6.45, 7) is 4.32. The van der Waals surface area contributed by atoms with Crippen LogP contribution in [0.1, 0.15) is 37.4 Å². The van der Waals surface area contributed by atoms with E-state index in [4.69, 9.17) is 4.74 Å². The highest BCUT2D eigenvalue weighted by Gasteiger charge is 2.18. The molecule has 0 saturated heterocycles. The number of hydrogen-bond donors (Lipinski definition) is 2. The van der Waals surface area contributed by atoms with Crippen LogP contribution in [0.15, 0.2) is 83.8 Å². The van der Waals surface area contributed by atoms with Crippen molar-refractivity contribution in [2.75, 3.05) is 11.9 Å². The van der Waals surface area contributed by atoms with E-state index < -0.39 is 10.0 Å². The number of ether oxygens (including phenoxy) is 1. The number of aryl methyl sites for hydroxylation is 1. The molecule has 1 atom stereocenters. The molecule has 0 bridgehead atoms. The van der Waals surface area contributed by atoms with Gasteiger partial charge < -0.3 is 10.1 Å². The van der Waals surface area contributed by atoms with Crippen molar-refractivity contribution in [3.63, 3.8) is 0 Å². The quantitative estimate of drug-likeness (QED) is 0.467. The number of amides is 1. The maximum Gasteiger partial charge on any atom is 0.241 e. The van der Waals surface area contributed by atoms with Crippen LogP contribution in [0.3, 0.4) is 0 Å². The summed E-state index contributed by atoms with van der Waals surface area (Å²) in [6, 6.07) is 22.9. The lowest BCUT2D eigenvalue weighted by atomic mass is 10.1. The molecule has 0 aliphatic rings. The summed E-state index contributed by atoms with van der Waals surface area (Å²) in [5.74, 6) is 0.650. The first kappa shape index (κ1) is 23.5. The van der Waals surface area contributed by atoms with E-state index in [1.807, 2.05) is 56.3 Å². The minimum absolute atomic E-state index is 0.107. The van der Waals surface area contributed by atoms with Crippen LogP contribution in [-0.4, -0.2) is 20.9 Å². The SMILES string of the molecule is CCOc1ccc(NC(=O)CCc2ccc(S(=O)(=O)N[C@@H](C)c3ccccc3)cc2)cc1. The first-order valence-electron chi connectivity index (χ1n) is 10.6. The van der Waals surface area contributed by atoms with E-state index in [0.717, 1.165) is 16.9 Å². The van der Waals surface area contributed by atoms with Crippen molar-refractivity contribution in [3.8, 4) is 5.75 Å². The van der Waals surface area contributed by atoms with Crippen molar-refractivity contribution in [2.45, 2.75) is 37.6 Å². The van der Waals surface area contributed by atoms with Crippen LogP contribution in [0, 0.1) is 0 Å². The lowest BCUT2D eigenvalue weighted by molar-refractivity contribution is -0.116. The van der Waals surface area contributed by atoms with Gasteiger partial charge in [-0.1, -0.05) is 42.5 Å². The van der Waals surface area contributed by atoms with Gasteiger partial charge in [0.1, 0.15) is 5.75 Å². The van der Waals surface area contributed by atoms with Gasteiger partial charge in [0, 0.05) is 18.2 Å². The van der Waals surface area contributed by atoms with Crippen LogP contribution >= 0.6 is 0 Å². The van der Waals surface area contributed by atoms with Crippen LogP contribution in [0.5, 0.6) is 5.75 Å². The van der Waals surface area contributed by atoms with E-state index in [-0.39, 0.29) is 16.8 Å². The molecule has 3 rings (SSSR count). The normalized spacial score (nSPS) is 12.2. The van der Waals surface area contributed by atoms with Crippen LogP contribution in [-0.2, 0) is 21.2 Å². The van der Waals surface area contributed by atoms with Gasteiger partial charge >= 0.3 is 0 Å². The predicted molar refractivity (Wildman–Crippen MR) is 126 cm³/mol. The van der Waals surface area contributed by atoms with E-state index >= 15 is 0 Å². The third-order valence-electron chi connectivity index (χ3n) is 4.95. The fraction of sp³-hybridized carbons (Fsp3) is 0.240. The number of benzene rings is 3. The first-order valence-corrected chi connectivity index (χ1v) is 12.0. The minimum atomic E-state index is -3.64. The van der Waals surface area contributed by atoms with Crippen molar-refractivity contribution in [1.82, 2.24) is 4.72 Å². The van der Waals surface area contributed by atoms with E-state index in [9.17, 15) is 13.2 Å². The summed E-state index contributed by atoms with van der Waals surface area (Å²) in [4.78, 5) is 12.4. The van der Waals surface area contributed by atoms with Gasteiger partial charge in [-0.15, -0.1) is 0 Å². The Kier molecular flexibility index (Phi) is 8.03. The second-order valence-corrected chi connectivity index (χ2v) is 9.12. The number of rotatable bonds is 10. The largest absolute Gasteiger partial charge is 0.494 e. The van der Waals surface area contributed by atoms with Gasteiger partial charge in [0.2, 0.25) is 15.9 Å². The van der Waals surface area contributed by atoms with Gasteiger partial charge in [-0.2, -0.15) is 0 Å². The molecule has 0 saturated carbocycles. The minimum Gasteiger partial charge on any atom is -0.494 e. The number of nitrogens with one attached hydrogen (secondary N) is 2. The van der Waals surface area contributed by atoms with Crippen molar-refractivity contribution >= 4 is 21.6 Å². The lowest BCUT2D eigenvalue weighted by Crippen LogP contribution is -2.26. The Balaban J connectivity index is 1.53. The van der Waals surface area contributed by atoms with Gasteiger partial charge in [-0.3, -0.25) is 4.79 Å². The smallest absolute Gasteiger partial charge is 0.241 e. The molecule has 168 valence electrons. The molecule has 3 aromatic carbocycles. The molecule has 0 unspecified atom stereocenters. The number of hydrogen-bond acceptors (Lipinski definition) is 4. The predicted octanol–water partition coefficient (Wildman–Crippen LogP) is 4.70. The van der Waals surface area contributed by atoms with E-state index in [2.05, 4.69) is 10.0 Å². The molecular formula is C25H28N2O4S. The molecule has 1 amide bonds. The maximum absolute atomic E-state index is 12.7. The van der Waals surface area contributed by atoms with Gasteiger partial charge in [-0.05, 0) is 67.8 Å². The van der Waals surface area contributed by atoms with E-state index in [1.54, 1.807) is 36.4 Å². The third-order valence-corrected chi connectivity index (χ3v) is 6.51. The highest BCUT2D eigenvalue weighted by atomic mass is 32.2. The third kappa shape index (κ3) is 6.67. The molecule has 0 aliphatic carbocycles. The topological polar surface area (TPSA) is 84.5 Å². The van der Waals surface area contributed by atoms with Gasteiger partial charge in [-0.25, -0.2) is 13.1 Å². The number of carbonyl (C=O) groups excluding carboxylic acids is 1. The average Bonchev–Trinajstić information content (AvgIpc) is 2.80. The second kappa shape index (κ2) is 10.9. The van der Waals surface area contributed by atoms with Crippen LogP contribution < -0.4 is 14.8 Å². The van der Waals surface area contributed by atoms with Gasteiger partial charge in [0.05, 0.1) is 11.5 Å². The maximum atomic E-state index is 12.7. The highest BCUT2D eigenvalue weighted by molar-refractivity contribution is 7.89. The Morgan fingerprint density at radius 1 is 0.938 bits per heavy atom. The average molecular weight is 453 g/mol. The molecule has 7 heteroatoms. The molecule has 0 aliphatic heterocycles. The van der Waals surface area contributed by atoms with Crippen LogP contribution in [0.4, 0.5) is 5.69 Å². The molecule has 0 fully saturated rings. The van der Waals surface area contributed by atoms with Crippen LogP contribution in [0.25, 0.3) is 0 Å². The number of anilines is 1. The number of carbonyl (C=O) groups is 1. The monoisotopic (exact) mass is 452 g/mol. The van der Waals surface area contributed by atoms with Crippen molar-refractivity contribution < 1.29 is 17.9 Å². The Hall–Kier alpha value is -3.16. The molecule has 0 aromatic heterocycles. The molecule has 3 aromatic rings. The molecule has 6 nitrogen and oxygen atoms in total.